The Labute approximate surface area is 102 Å². The van der Waals surface area contributed by atoms with Crippen LogP contribution in [0.5, 0.6) is 0 Å². The van der Waals surface area contributed by atoms with Gasteiger partial charge >= 0.3 is 0 Å². The zero-order valence-electron chi connectivity index (χ0n) is 11.6. The molecule has 96 valence electrons. The molecule has 0 radical (unpaired) electrons. The lowest BCUT2D eigenvalue weighted by atomic mass is 9.84. The zero-order chi connectivity index (χ0) is 12.2. The van der Waals surface area contributed by atoms with Crippen LogP contribution in [0.1, 0.15) is 59.8 Å². The number of nitrogens with zero attached hydrogens (tertiary/aromatic N) is 1. The van der Waals surface area contributed by atoms with Crippen molar-refractivity contribution in [2.75, 3.05) is 13.1 Å². The number of hydrogen-bond donors (Lipinski definition) is 1. The molecule has 0 aromatic rings. The molecule has 1 rings (SSSR count). The highest BCUT2D eigenvalue weighted by atomic mass is 15.2. The lowest BCUT2D eigenvalue weighted by Crippen LogP contribution is -2.52. The molecule has 0 aliphatic carbocycles. The van der Waals surface area contributed by atoms with E-state index in [1.165, 1.54) is 38.6 Å². The molecular formula is C14H30N2. The lowest BCUT2D eigenvalue weighted by Gasteiger charge is -2.43. The van der Waals surface area contributed by atoms with Crippen molar-refractivity contribution >= 4 is 0 Å². The van der Waals surface area contributed by atoms with Gasteiger partial charge in [-0.25, -0.2) is 0 Å². The van der Waals surface area contributed by atoms with Gasteiger partial charge in [0.25, 0.3) is 0 Å². The van der Waals surface area contributed by atoms with Crippen LogP contribution in [0.4, 0.5) is 0 Å². The summed E-state index contributed by atoms with van der Waals surface area (Å²) in [5, 5.41) is 0. The Kier molecular flexibility index (Phi) is 5.26. The minimum atomic E-state index is 0.298. The molecule has 0 aromatic carbocycles. The first-order valence-electron chi connectivity index (χ1n) is 6.96. The maximum Gasteiger partial charge on any atom is 0.0269 e. The molecule has 0 aromatic heterocycles. The maximum absolute atomic E-state index is 6.02. The molecule has 0 bridgehead atoms. The Bertz CT molecular complexity index is 195. The van der Waals surface area contributed by atoms with Crippen molar-refractivity contribution in [3.8, 4) is 0 Å². The molecular weight excluding hydrogens is 196 g/mol. The highest BCUT2D eigenvalue weighted by molar-refractivity contribution is 4.88. The standard InChI is InChI=1S/C14H30N2/c1-5-12-9-7-6-8-10-16(12)13(11-15)14(2,3)4/h12-13H,5-11,15H2,1-4H3. The molecule has 2 unspecified atom stereocenters. The highest BCUT2D eigenvalue weighted by Crippen LogP contribution is 2.29. The highest BCUT2D eigenvalue weighted by Gasteiger charge is 2.33. The fourth-order valence-corrected chi connectivity index (χ4v) is 3.03. The Hall–Kier alpha value is -0.0800. The van der Waals surface area contributed by atoms with Gasteiger partial charge in [0.15, 0.2) is 0 Å². The van der Waals surface area contributed by atoms with Gasteiger partial charge in [0.05, 0.1) is 0 Å². The van der Waals surface area contributed by atoms with Crippen LogP contribution in [-0.2, 0) is 0 Å². The molecule has 1 saturated heterocycles. The van der Waals surface area contributed by atoms with Gasteiger partial charge in [-0.05, 0) is 31.2 Å². The molecule has 1 aliphatic heterocycles. The van der Waals surface area contributed by atoms with Crippen LogP contribution in [0.15, 0.2) is 0 Å². The van der Waals surface area contributed by atoms with E-state index in [9.17, 15) is 0 Å². The number of nitrogens with two attached hydrogens (primary N) is 1. The van der Waals surface area contributed by atoms with Crippen LogP contribution in [0.3, 0.4) is 0 Å². The van der Waals surface area contributed by atoms with Crippen molar-refractivity contribution in [3.63, 3.8) is 0 Å². The van der Waals surface area contributed by atoms with Crippen LogP contribution in [0, 0.1) is 5.41 Å². The summed E-state index contributed by atoms with van der Waals surface area (Å²) in [5.41, 5.74) is 6.31. The molecule has 2 atom stereocenters. The van der Waals surface area contributed by atoms with Gasteiger partial charge in [0, 0.05) is 18.6 Å². The third kappa shape index (κ3) is 3.46. The van der Waals surface area contributed by atoms with Crippen molar-refractivity contribution in [1.29, 1.82) is 0 Å². The van der Waals surface area contributed by atoms with E-state index in [0.717, 1.165) is 12.6 Å². The van der Waals surface area contributed by atoms with E-state index in [4.69, 9.17) is 5.73 Å². The van der Waals surface area contributed by atoms with Crippen molar-refractivity contribution in [2.45, 2.75) is 71.9 Å². The summed E-state index contributed by atoms with van der Waals surface area (Å²) in [6.07, 6.45) is 6.78. The smallest absolute Gasteiger partial charge is 0.0269 e. The Morgan fingerprint density at radius 3 is 2.44 bits per heavy atom. The van der Waals surface area contributed by atoms with E-state index in [2.05, 4.69) is 32.6 Å². The summed E-state index contributed by atoms with van der Waals surface area (Å²) in [6.45, 7) is 11.3. The van der Waals surface area contributed by atoms with Gasteiger partial charge in [-0.1, -0.05) is 40.5 Å². The van der Waals surface area contributed by atoms with Gasteiger partial charge < -0.3 is 5.73 Å². The topological polar surface area (TPSA) is 29.3 Å². The number of hydrogen-bond acceptors (Lipinski definition) is 2. The molecule has 0 saturated carbocycles. The van der Waals surface area contributed by atoms with Gasteiger partial charge in [-0.2, -0.15) is 0 Å². The lowest BCUT2D eigenvalue weighted by molar-refractivity contribution is 0.0632. The van der Waals surface area contributed by atoms with Gasteiger partial charge in [-0.15, -0.1) is 0 Å². The van der Waals surface area contributed by atoms with Crippen molar-refractivity contribution in [3.05, 3.63) is 0 Å². The molecule has 1 fully saturated rings. The van der Waals surface area contributed by atoms with Gasteiger partial charge in [0.2, 0.25) is 0 Å². The summed E-state index contributed by atoms with van der Waals surface area (Å²) in [6, 6.07) is 1.30. The van der Waals surface area contributed by atoms with Crippen molar-refractivity contribution < 1.29 is 0 Å². The normalized spacial score (nSPS) is 26.4. The molecule has 0 spiro atoms. The molecule has 2 nitrogen and oxygen atoms in total. The van der Waals surface area contributed by atoms with Crippen LogP contribution < -0.4 is 5.73 Å². The second-order valence-electron chi connectivity index (χ2n) is 6.27. The van der Waals surface area contributed by atoms with Crippen LogP contribution in [-0.4, -0.2) is 30.1 Å². The predicted molar refractivity (Wildman–Crippen MR) is 71.6 cm³/mol. The fraction of sp³-hybridized carbons (Fsp3) is 1.00. The van der Waals surface area contributed by atoms with E-state index >= 15 is 0 Å². The van der Waals surface area contributed by atoms with E-state index in [-0.39, 0.29) is 0 Å². The van der Waals surface area contributed by atoms with Crippen LogP contribution in [0.2, 0.25) is 0 Å². The molecule has 1 heterocycles. The summed E-state index contributed by atoms with van der Waals surface area (Å²) in [5.74, 6) is 0. The monoisotopic (exact) mass is 226 g/mol. The molecule has 0 amide bonds. The van der Waals surface area contributed by atoms with E-state index in [1.54, 1.807) is 0 Å². The van der Waals surface area contributed by atoms with Gasteiger partial charge in [0.1, 0.15) is 0 Å². The summed E-state index contributed by atoms with van der Waals surface area (Å²) < 4.78 is 0. The number of likely N-dealkylation sites (tertiary alicyclic amines) is 1. The molecule has 16 heavy (non-hydrogen) atoms. The largest absolute Gasteiger partial charge is 0.329 e. The summed E-state index contributed by atoms with van der Waals surface area (Å²) >= 11 is 0. The summed E-state index contributed by atoms with van der Waals surface area (Å²) in [7, 11) is 0. The zero-order valence-corrected chi connectivity index (χ0v) is 11.6. The quantitative estimate of drug-likeness (QED) is 0.801. The third-order valence-corrected chi connectivity index (χ3v) is 4.02. The Morgan fingerprint density at radius 1 is 1.25 bits per heavy atom. The molecule has 1 aliphatic rings. The SMILES string of the molecule is CCC1CCCCCN1C(CN)C(C)(C)C. The van der Waals surface area contributed by atoms with Gasteiger partial charge in [-0.3, -0.25) is 4.90 Å². The van der Waals surface area contributed by atoms with E-state index in [1.807, 2.05) is 0 Å². The molecule has 2 heteroatoms. The first-order valence-corrected chi connectivity index (χ1v) is 6.96. The minimum Gasteiger partial charge on any atom is -0.329 e. The number of rotatable bonds is 3. The summed E-state index contributed by atoms with van der Waals surface area (Å²) in [4.78, 5) is 2.70. The third-order valence-electron chi connectivity index (χ3n) is 4.02. The second-order valence-corrected chi connectivity index (χ2v) is 6.27. The average molecular weight is 226 g/mol. The van der Waals surface area contributed by atoms with E-state index in [0.29, 0.717) is 11.5 Å². The molecule has 2 N–H and O–H groups in total. The van der Waals surface area contributed by atoms with Crippen molar-refractivity contribution in [1.82, 2.24) is 4.90 Å². The maximum atomic E-state index is 6.02. The van der Waals surface area contributed by atoms with E-state index < -0.39 is 0 Å². The fourth-order valence-electron chi connectivity index (χ4n) is 3.03. The van der Waals surface area contributed by atoms with Crippen molar-refractivity contribution in [2.24, 2.45) is 11.1 Å². The Balaban J connectivity index is 2.78. The first kappa shape index (κ1) is 14.0. The van der Waals surface area contributed by atoms with Crippen LogP contribution in [0.25, 0.3) is 0 Å². The average Bonchev–Trinajstić information content (AvgIpc) is 2.42. The Morgan fingerprint density at radius 2 is 1.94 bits per heavy atom. The minimum absolute atomic E-state index is 0.298. The van der Waals surface area contributed by atoms with Crippen LogP contribution >= 0.6 is 0 Å². The second kappa shape index (κ2) is 6.02. The predicted octanol–water partition coefficient (Wildman–Crippen LogP) is 3.01. The first-order chi connectivity index (χ1) is 7.50.